The van der Waals surface area contributed by atoms with E-state index in [2.05, 4.69) is 4.98 Å². The molecule has 3 rings (SSSR count). The van der Waals surface area contributed by atoms with Gasteiger partial charge in [0.2, 0.25) is 10.0 Å². The smallest absolute Gasteiger partial charge is 0.257 e. The summed E-state index contributed by atoms with van der Waals surface area (Å²) in [5.41, 5.74) is 0.461. The SMILES string of the molecule is COc1cnccc1C(=O)N1C[C@H]2CCN(S(C)(=O)=O)[C@H]2C1. The molecule has 2 fully saturated rings. The molecule has 1 amide bonds. The lowest BCUT2D eigenvalue weighted by Crippen LogP contribution is -2.40. The first-order valence-electron chi connectivity index (χ1n) is 7.16. The fourth-order valence-electron chi connectivity index (χ4n) is 3.39. The van der Waals surface area contributed by atoms with Crippen molar-refractivity contribution in [1.82, 2.24) is 14.2 Å². The monoisotopic (exact) mass is 325 g/mol. The predicted octanol–water partition coefficient (Wildman–Crippen LogP) is 0.196. The average molecular weight is 325 g/mol. The minimum absolute atomic E-state index is 0.105. The average Bonchev–Trinajstić information content (AvgIpc) is 3.05. The van der Waals surface area contributed by atoms with Crippen molar-refractivity contribution < 1.29 is 17.9 Å². The van der Waals surface area contributed by atoms with Gasteiger partial charge in [0.05, 0.1) is 25.1 Å². The van der Waals surface area contributed by atoms with E-state index in [1.54, 1.807) is 17.2 Å². The molecule has 2 atom stereocenters. The van der Waals surface area contributed by atoms with Crippen molar-refractivity contribution in [1.29, 1.82) is 0 Å². The van der Waals surface area contributed by atoms with Gasteiger partial charge in [0.1, 0.15) is 5.75 Å². The molecule has 0 saturated carbocycles. The van der Waals surface area contributed by atoms with Crippen molar-refractivity contribution in [2.45, 2.75) is 12.5 Å². The second kappa shape index (κ2) is 5.51. The van der Waals surface area contributed by atoms with Gasteiger partial charge in [-0.1, -0.05) is 0 Å². The number of carbonyl (C=O) groups excluding carboxylic acids is 1. The highest BCUT2D eigenvalue weighted by atomic mass is 32.2. The molecule has 0 aromatic carbocycles. The van der Waals surface area contributed by atoms with Crippen LogP contribution in [-0.2, 0) is 10.0 Å². The van der Waals surface area contributed by atoms with Gasteiger partial charge in [0, 0.05) is 31.9 Å². The van der Waals surface area contributed by atoms with Crippen molar-refractivity contribution in [3.05, 3.63) is 24.0 Å². The third-order valence-electron chi connectivity index (χ3n) is 4.44. The van der Waals surface area contributed by atoms with E-state index in [1.807, 2.05) is 0 Å². The number of sulfonamides is 1. The molecule has 0 aliphatic carbocycles. The van der Waals surface area contributed by atoms with E-state index in [4.69, 9.17) is 4.74 Å². The molecule has 0 unspecified atom stereocenters. The molecule has 1 aromatic rings. The predicted molar refractivity (Wildman–Crippen MR) is 80.1 cm³/mol. The topological polar surface area (TPSA) is 79.8 Å². The van der Waals surface area contributed by atoms with E-state index in [1.165, 1.54) is 23.9 Å². The van der Waals surface area contributed by atoms with E-state index >= 15 is 0 Å². The number of hydrogen-bond acceptors (Lipinski definition) is 5. The maximum absolute atomic E-state index is 12.7. The number of pyridine rings is 1. The van der Waals surface area contributed by atoms with E-state index in [-0.39, 0.29) is 17.9 Å². The number of aromatic nitrogens is 1. The van der Waals surface area contributed by atoms with Crippen molar-refractivity contribution in [2.75, 3.05) is 33.0 Å². The molecule has 0 radical (unpaired) electrons. The Bertz CT molecular complexity index is 691. The molecule has 0 bridgehead atoms. The van der Waals surface area contributed by atoms with Gasteiger partial charge < -0.3 is 9.64 Å². The molecular formula is C14H19N3O4S. The van der Waals surface area contributed by atoms with E-state index < -0.39 is 10.0 Å². The Balaban J connectivity index is 1.80. The van der Waals surface area contributed by atoms with Crippen molar-refractivity contribution in [3.63, 3.8) is 0 Å². The lowest BCUT2D eigenvalue weighted by Gasteiger charge is -2.23. The summed E-state index contributed by atoms with van der Waals surface area (Å²) in [7, 11) is -1.72. The van der Waals surface area contributed by atoms with Gasteiger partial charge in [0.15, 0.2) is 0 Å². The Labute approximate surface area is 129 Å². The summed E-state index contributed by atoms with van der Waals surface area (Å²) in [6.07, 6.45) is 5.09. The number of amides is 1. The van der Waals surface area contributed by atoms with Crippen LogP contribution in [0.15, 0.2) is 18.5 Å². The highest BCUT2D eigenvalue weighted by Gasteiger charge is 2.46. The van der Waals surface area contributed by atoms with Crippen LogP contribution in [0, 0.1) is 5.92 Å². The second-order valence-electron chi connectivity index (χ2n) is 5.78. The minimum atomic E-state index is -3.22. The highest BCUT2D eigenvalue weighted by Crippen LogP contribution is 2.34. The van der Waals surface area contributed by atoms with Crippen molar-refractivity contribution in [3.8, 4) is 5.75 Å². The van der Waals surface area contributed by atoms with Gasteiger partial charge in [-0.2, -0.15) is 4.31 Å². The van der Waals surface area contributed by atoms with Crippen LogP contribution in [0.25, 0.3) is 0 Å². The molecule has 120 valence electrons. The quantitative estimate of drug-likeness (QED) is 0.793. The van der Waals surface area contributed by atoms with Crippen LogP contribution in [0.1, 0.15) is 16.8 Å². The third-order valence-corrected chi connectivity index (χ3v) is 5.75. The van der Waals surface area contributed by atoms with Crippen molar-refractivity contribution in [2.24, 2.45) is 5.92 Å². The molecule has 22 heavy (non-hydrogen) atoms. The molecule has 0 N–H and O–H groups in total. The molecule has 2 aliphatic heterocycles. The fourth-order valence-corrected chi connectivity index (χ4v) is 4.56. The number of rotatable bonds is 3. The minimum Gasteiger partial charge on any atom is -0.494 e. The van der Waals surface area contributed by atoms with Crippen LogP contribution in [0.3, 0.4) is 0 Å². The standard InChI is InChI=1S/C14H19N3O4S/c1-21-13-7-15-5-3-11(13)14(18)16-8-10-4-6-17(12(10)9-16)22(2,19)20/h3,5,7,10,12H,4,6,8-9H2,1-2H3/t10-,12+/m1/s1. The Kier molecular flexibility index (Phi) is 3.82. The number of methoxy groups -OCH3 is 1. The summed E-state index contributed by atoms with van der Waals surface area (Å²) < 4.78 is 30.3. The van der Waals surface area contributed by atoms with Crippen LogP contribution >= 0.6 is 0 Å². The zero-order chi connectivity index (χ0) is 15.9. The zero-order valence-electron chi connectivity index (χ0n) is 12.6. The number of nitrogens with zero attached hydrogens (tertiary/aromatic N) is 3. The van der Waals surface area contributed by atoms with Crippen molar-refractivity contribution >= 4 is 15.9 Å². The van der Waals surface area contributed by atoms with Crippen LogP contribution in [0.2, 0.25) is 0 Å². The second-order valence-corrected chi connectivity index (χ2v) is 7.71. The van der Waals surface area contributed by atoms with Gasteiger partial charge >= 0.3 is 0 Å². The van der Waals surface area contributed by atoms with Crippen LogP contribution in [0.4, 0.5) is 0 Å². The van der Waals surface area contributed by atoms with E-state index in [0.29, 0.717) is 30.9 Å². The van der Waals surface area contributed by atoms with Gasteiger partial charge in [-0.3, -0.25) is 9.78 Å². The lowest BCUT2D eigenvalue weighted by molar-refractivity contribution is 0.0774. The van der Waals surface area contributed by atoms with Gasteiger partial charge in [-0.15, -0.1) is 0 Å². The first-order chi connectivity index (χ1) is 10.4. The number of likely N-dealkylation sites (tertiary alicyclic amines) is 1. The van der Waals surface area contributed by atoms with Gasteiger partial charge in [-0.05, 0) is 18.4 Å². The van der Waals surface area contributed by atoms with Crippen LogP contribution in [0.5, 0.6) is 5.75 Å². The van der Waals surface area contributed by atoms with Crippen LogP contribution in [-0.4, -0.2) is 67.6 Å². The lowest BCUT2D eigenvalue weighted by atomic mass is 10.1. The zero-order valence-corrected chi connectivity index (χ0v) is 13.4. The normalized spacial score (nSPS) is 25.3. The summed E-state index contributed by atoms with van der Waals surface area (Å²) in [6.45, 7) is 1.57. The number of ether oxygens (including phenoxy) is 1. The fraction of sp³-hybridized carbons (Fsp3) is 0.571. The van der Waals surface area contributed by atoms with E-state index in [0.717, 1.165) is 6.42 Å². The molecule has 1 aromatic heterocycles. The maximum atomic E-state index is 12.7. The van der Waals surface area contributed by atoms with Crippen LogP contribution < -0.4 is 4.74 Å². The van der Waals surface area contributed by atoms with Gasteiger partial charge in [-0.25, -0.2) is 8.42 Å². The summed E-state index contributed by atoms with van der Waals surface area (Å²) >= 11 is 0. The Morgan fingerprint density at radius 3 is 2.86 bits per heavy atom. The number of hydrogen-bond donors (Lipinski definition) is 0. The highest BCUT2D eigenvalue weighted by molar-refractivity contribution is 7.88. The number of fused-ring (bicyclic) bond motifs is 1. The Morgan fingerprint density at radius 2 is 2.18 bits per heavy atom. The molecule has 2 saturated heterocycles. The first kappa shape index (κ1) is 15.2. The Morgan fingerprint density at radius 1 is 1.41 bits per heavy atom. The molecule has 8 heteroatoms. The summed E-state index contributed by atoms with van der Waals surface area (Å²) in [5.74, 6) is 0.512. The van der Waals surface area contributed by atoms with Gasteiger partial charge in [0.25, 0.3) is 5.91 Å². The largest absolute Gasteiger partial charge is 0.494 e. The third kappa shape index (κ3) is 2.56. The summed E-state index contributed by atoms with van der Waals surface area (Å²) in [4.78, 5) is 18.3. The molecule has 3 heterocycles. The maximum Gasteiger partial charge on any atom is 0.257 e. The van der Waals surface area contributed by atoms with E-state index in [9.17, 15) is 13.2 Å². The number of carbonyl (C=O) groups is 1. The first-order valence-corrected chi connectivity index (χ1v) is 9.00. The Hall–Kier alpha value is -1.67. The summed E-state index contributed by atoms with van der Waals surface area (Å²) in [5, 5.41) is 0. The summed E-state index contributed by atoms with van der Waals surface area (Å²) in [6, 6.07) is 1.52. The molecular weight excluding hydrogens is 306 g/mol. The molecule has 0 spiro atoms. The molecule has 7 nitrogen and oxygen atoms in total. The molecule has 2 aliphatic rings.